The molecule has 134 valence electrons. The van der Waals surface area contributed by atoms with Crippen molar-refractivity contribution in [2.45, 2.75) is 0 Å². The molecule has 0 aliphatic heterocycles. The third-order valence-electron chi connectivity index (χ3n) is 3.45. The molecule has 0 aliphatic rings. The van der Waals surface area contributed by atoms with Crippen LogP contribution in [0.4, 0.5) is 0 Å². The number of carbonyl (C=O) groups excluding carboxylic acids is 2. The molecule has 1 amide bonds. The Morgan fingerprint density at radius 3 is 2.59 bits per heavy atom. The van der Waals surface area contributed by atoms with Gasteiger partial charge in [-0.1, -0.05) is 23.7 Å². The topological polar surface area (TPSA) is 80.6 Å². The molecule has 0 atom stereocenters. The van der Waals surface area contributed by atoms with Crippen molar-refractivity contribution < 1.29 is 14.3 Å². The van der Waals surface area contributed by atoms with Crippen LogP contribution in [-0.2, 0) is 0 Å². The number of amides is 1. The molecule has 2 aromatic carbocycles. The number of aromatic nitrogens is 1. The van der Waals surface area contributed by atoms with Crippen molar-refractivity contribution in [3.05, 3.63) is 94.8 Å². The van der Waals surface area contributed by atoms with Crippen LogP contribution < -0.4 is 10.2 Å². The molecule has 1 N–H and O–H groups in total. The van der Waals surface area contributed by atoms with Crippen molar-refractivity contribution in [3.63, 3.8) is 0 Å². The first-order valence-electron chi connectivity index (χ1n) is 7.93. The second-order valence-corrected chi connectivity index (χ2v) is 5.85. The van der Waals surface area contributed by atoms with Gasteiger partial charge in [0.25, 0.3) is 5.91 Å². The van der Waals surface area contributed by atoms with Crippen LogP contribution in [0.2, 0.25) is 5.02 Å². The molecule has 0 saturated heterocycles. The van der Waals surface area contributed by atoms with E-state index in [9.17, 15) is 9.59 Å². The molecule has 1 heterocycles. The molecule has 27 heavy (non-hydrogen) atoms. The largest absolute Gasteiger partial charge is 0.423 e. The summed E-state index contributed by atoms with van der Waals surface area (Å²) in [6, 6.07) is 16.5. The van der Waals surface area contributed by atoms with Gasteiger partial charge in [-0.25, -0.2) is 10.2 Å². The number of rotatable bonds is 5. The van der Waals surface area contributed by atoms with Crippen LogP contribution in [-0.4, -0.2) is 23.1 Å². The molecule has 0 spiro atoms. The third kappa shape index (κ3) is 5.23. The van der Waals surface area contributed by atoms with Gasteiger partial charge in [-0.15, -0.1) is 0 Å². The van der Waals surface area contributed by atoms with Gasteiger partial charge in [0.2, 0.25) is 0 Å². The summed E-state index contributed by atoms with van der Waals surface area (Å²) in [5, 5.41) is 4.44. The van der Waals surface area contributed by atoms with Crippen molar-refractivity contribution in [2.75, 3.05) is 0 Å². The molecule has 0 saturated carbocycles. The molecule has 0 fully saturated rings. The Kier molecular flexibility index (Phi) is 5.91. The predicted molar refractivity (Wildman–Crippen MR) is 102 cm³/mol. The fraction of sp³-hybridized carbons (Fsp3) is 0. The molecular formula is C20H14ClN3O3. The maximum absolute atomic E-state index is 12.1. The van der Waals surface area contributed by atoms with E-state index in [1.165, 1.54) is 12.4 Å². The highest BCUT2D eigenvalue weighted by atomic mass is 35.5. The van der Waals surface area contributed by atoms with Gasteiger partial charge in [-0.05, 0) is 54.1 Å². The van der Waals surface area contributed by atoms with Crippen molar-refractivity contribution in [3.8, 4) is 5.75 Å². The van der Waals surface area contributed by atoms with Crippen molar-refractivity contribution in [1.29, 1.82) is 0 Å². The van der Waals surface area contributed by atoms with E-state index < -0.39 is 5.97 Å². The number of esters is 1. The minimum Gasteiger partial charge on any atom is -0.423 e. The van der Waals surface area contributed by atoms with E-state index in [0.29, 0.717) is 27.5 Å². The van der Waals surface area contributed by atoms with Gasteiger partial charge in [-0.3, -0.25) is 9.78 Å². The molecule has 0 bridgehead atoms. The minimum atomic E-state index is -0.495. The first-order chi connectivity index (χ1) is 13.1. The number of halogens is 1. The van der Waals surface area contributed by atoms with E-state index in [1.54, 1.807) is 66.9 Å². The first kappa shape index (κ1) is 18.3. The fourth-order valence-electron chi connectivity index (χ4n) is 2.14. The monoisotopic (exact) mass is 379 g/mol. The van der Waals surface area contributed by atoms with Crippen LogP contribution in [0.15, 0.2) is 78.2 Å². The summed E-state index contributed by atoms with van der Waals surface area (Å²) in [5.74, 6) is -0.507. The third-order valence-corrected chi connectivity index (χ3v) is 3.70. The Labute approximate surface area is 160 Å². The Bertz CT molecular complexity index is 973. The smallest absolute Gasteiger partial charge is 0.343 e. The van der Waals surface area contributed by atoms with Gasteiger partial charge < -0.3 is 4.74 Å². The first-order valence-corrected chi connectivity index (χ1v) is 8.31. The highest BCUT2D eigenvalue weighted by molar-refractivity contribution is 6.30. The summed E-state index contributed by atoms with van der Waals surface area (Å²) in [6.07, 6.45) is 4.48. The number of ether oxygens (including phenoxy) is 1. The van der Waals surface area contributed by atoms with Crippen LogP contribution >= 0.6 is 11.6 Å². The summed E-state index contributed by atoms with van der Waals surface area (Å²) < 4.78 is 5.34. The summed E-state index contributed by atoms with van der Waals surface area (Å²) in [7, 11) is 0. The molecule has 0 radical (unpaired) electrons. The Morgan fingerprint density at radius 2 is 1.85 bits per heavy atom. The molecule has 0 unspecified atom stereocenters. The number of nitrogens with one attached hydrogen (secondary N) is 1. The molecule has 6 nitrogen and oxygen atoms in total. The lowest BCUT2D eigenvalue weighted by Crippen LogP contribution is -2.17. The van der Waals surface area contributed by atoms with Crippen LogP contribution in [0.25, 0.3) is 0 Å². The Hall–Kier alpha value is -3.51. The van der Waals surface area contributed by atoms with E-state index >= 15 is 0 Å². The molecular weight excluding hydrogens is 366 g/mol. The normalized spacial score (nSPS) is 10.6. The SMILES string of the molecule is O=C(N/N=C\c1cccc(OC(=O)c2ccc(Cl)cc2)c1)c1cccnc1. The van der Waals surface area contributed by atoms with Crippen LogP contribution in [0, 0.1) is 0 Å². The molecule has 1 aromatic heterocycles. The number of benzene rings is 2. The maximum Gasteiger partial charge on any atom is 0.343 e. The van der Waals surface area contributed by atoms with Crippen molar-refractivity contribution in [2.24, 2.45) is 5.10 Å². The average molecular weight is 380 g/mol. The van der Waals surface area contributed by atoms with Gasteiger partial charge in [0, 0.05) is 17.4 Å². The van der Waals surface area contributed by atoms with Crippen LogP contribution in [0.5, 0.6) is 5.75 Å². The highest BCUT2D eigenvalue weighted by Crippen LogP contribution is 2.16. The lowest BCUT2D eigenvalue weighted by atomic mass is 10.2. The van der Waals surface area contributed by atoms with E-state index in [4.69, 9.17) is 16.3 Å². The van der Waals surface area contributed by atoms with Gasteiger partial charge >= 0.3 is 5.97 Å². The Morgan fingerprint density at radius 1 is 1.04 bits per heavy atom. The van der Waals surface area contributed by atoms with Crippen LogP contribution in [0.1, 0.15) is 26.3 Å². The van der Waals surface area contributed by atoms with E-state index in [-0.39, 0.29) is 5.91 Å². The second kappa shape index (κ2) is 8.73. The van der Waals surface area contributed by atoms with Crippen molar-refractivity contribution in [1.82, 2.24) is 10.4 Å². The average Bonchev–Trinajstić information content (AvgIpc) is 2.69. The zero-order valence-corrected chi connectivity index (χ0v) is 14.8. The van der Waals surface area contributed by atoms with E-state index in [1.807, 2.05) is 0 Å². The molecule has 3 rings (SSSR count). The number of nitrogens with zero attached hydrogens (tertiary/aromatic N) is 2. The van der Waals surface area contributed by atoms with Crippen LogP contribution in [0.3, 0.4) is 0 Å². The standard InChI is InChI=1S/C20H14ClN3O3/c21-17-8-6-15(7-9-17)20(26)27-18-5-1-3-14(11-18)12-23-24-19(25)16-4-2-10-22-13-16/h1-13H,(H,24,25)/b23-12-. The quantitative estimate of drug-likeness (QED) is 0.317. The zero-order valence-electron chi connectivity index (χ0n) is 14.0. The lowest BCUT2D eigenvalue weighted by Gasteiger charge is -2.05. The number of carbonyl (C=O) groups is 2. The lowest BCUT2D eigenvalue weighted by molar-refractivity contribution is 0.0734. The zero-order chi connectivity index (χ0) is 19.1. The number of hydrazone groups is 1. The maximum atomic E-state index is 12.1. The second-order valence-electron chi connectivity index (χ2n) is 5.41. The number of hydrogen-bond acceptors (Lipinski definition) is 5. The highest BCUT2D eigenvalue weighted by Gasteiger charge is 2.08. The van der Waals surface area contributed by atoms with Gasteiger partial charge in [0.05, 0.1) is 17.3 Å². The number of hydrogen-bond donors (Lipinski definition) is 1. The molecule has 3 aromatic rings. The predicted octanol–water partition coefficient (Wildman–Crippen LogP) is 3.72. The summed E-state index contributed by atoms with van der Waals surface area (Å²) >= 11 is 5.81. The summed E-state index contributed by atoms with van der Waals surface area (Å²) in [6.45, 7) is 0. The van der Waals surface area contributed by atoms with Gasteiger partial charge in [0.1, 0.15) is 5.75 Å². The van der Waals surface area contributed by atoms with E-state index in [0.717, 1.165) is 0 Å². The summed E-state index contributed by atoms with van der Waals surface area (Å²) in [5.41, 5.74) is 3.86. The van der Waals surface area contributed by atoms with Crippen molar-refractivity contribution >= 4 is 29.7 Å². The fourth-order valence-corrected chi connectivity index (χ4v) is 2.26. The minimum absolute atomic E-state index is 0.359. The van der Waals surface area contributed by atoms with Gasteiger partial charge in [0.15, 0.2) is 0 Å². The molecule has 0 aliphatic carbocycles. The summed E-state index contributed by atoms with van der Waals surface area (Å²) in [4.78, 5) is 27.9. The van der Waals surface area contributed by atoms with Gasteiger partial charge in [-0.2, -0.15) is 5.10 Å². The Balaban J connectivity index is 1.62. The number of pyridine rings is 1. The van der Waals surface area contributed by atoms with E-state index in [2.05, 4.69) is 15.5 Å². The molecule has 7 heteroatoms.